The van der Waals surface area contributed by atoms with E-state index in [1.54, 1.807) is 0 Å². The Bertz CT molecular complexity index is 361. The lowest BCUT2D eigenvalue weighted by molar-refractivity contribution is -0.148. The molecule has 1 nitrogen and oxygen atoms in total. The van der Waals surface area contributed by atoms with Crippen molar-refractivity contribution in [3.8, 4) is 0 Å². The number of rotatable bonds is 2. The summed E-state index contributed by atoms with van der Waals surface area (Å²) in [6.45, 7) is -0.979. The summed E-state index contributed by atoms with van der Waals surface area (Å²) in [7, 11) is 0. The van der Waals surface area contributed by atoms with Gasteiger partial charge in [-0.05, 0) is 28.3 Å². The Morgan fingerprint density at radius 2 is 1.24 bits per heavy atom. The number of benzene rings is 1. The fourth-order valence-electron chi connectivity index (χ4n) is 1.17. The molecule has 17 heavy (non-hydrogen) atoms. The van der Waals surface area contributed by atoms with Crippen LogP contribution in [0.1, 0.15) is 16.7 Å². The summed E-state index contributed by atoms with van der Waals surface area (Å²) in [5.74, 6) is 0. The highest BCUT2D eigenvalue weighted by Gasteiger charge is 2.36. The third-order valence-corrected chi connectivity index (χ3v) is 1.87. The van der Waals surface area contributed by atoms with Gasteiger partial charge in [0.05, 0.1) is 11.1 Å². The van der Waals surface area contributed by atoms with Gasteiger partial charge in [0.25, 0.3) is 0 Å². The molecule has 96 valence electrons. The third-order valence-electron chi connectivity index (χ3n) is 1.87. The fraction of sp³-hybridized carbons (Fsp3) is 0.333. The third kappa shape index (κ3) is 3.58. The predicted octanol–water partition coefficient (Wildman–Crippen LogP) is 4.13. The van der Waals surface area contributed by atoms with E-state index in [4.69, 9.17) is 0 Å². The second-order valence-corrected chi connectivity index (χ2v) is 3.17. The molecule has 0 spiro atoms. The van der Waals surface area contributed by atoms with E-state index in [9.17, 15) is 30.9 Å². The van der Waals surface area contributed by atoms with Crippen LogP contribution in [0.3, 0.4) is 0 Å². The van der Waals surface area contributed by atoms with Crippen molar-refractivity contribution >= 4 is 0 Å². The van der Waals surface area contributed by atoms with Gasteiger partial charge in [-0.2, -0.15) is 31.3 Å². The lowest BCUT2D eigenvalue weighted by Crippen LogP contribution is -2.11. The molecule has 0 unspecified atom stereocenters. The summed E-state index contributed by atoms with van der Waals surface area (Å²) >= 11 is 0. The maximum absolute atomic E-state index is 12.3. The molecule has 0 saturated heterocycles. The second-order valence-electron chi connectivity index (χ2n) is 3.17. The van der Waals surface area contributed by atoms with Crippen LogP contribution >= 0.6 is 0 Å². The summed E-state index contributed by atoms with van der Waals surface area (Å²) in [6, 6.07) is 0.755. The first-order valence-corrected chi connectivity index (χ1v) is 4.16. The van der Waals surface area contributed by atoms with Crippen LogP contribution in [0.5, 0.6) is 0 Å². The van der Waals surface area contributed by atoms with E-state index in [0.29, 0.717) is 12.1 Å². The number of alkyl halides is 6. The van der Waals surface area contributed by atoms with Crippen LogP contribution in [0.15, 0.2) is 18.2 Å². The standard InChI is InChI=1S/C9H5F7O/c10-8(11,12)6-1-5(4-17-16)2-7(3-6)9(13,14)15/h1-3H,4H2. The summed E-state index contributed by atoms with van der Waals surface area (Å²) in [5.41, 5.74) is -3.55. The van der Waals surface area contributed by atoms with Gasteiger partial charge < -0.3 is 0 Å². The van der Waals surface area contributed by atoms with Crippen molar-refractivity contribution in [2.24, 2.45) is 0 Å². The molecule has 0 aromatic heterocycles. The van der Waals surface area contributed by atoms with Gasteiger partial charge in [0.2, 0.25) is 0 Å². The van der Waals surface area contributed by atoms with E-state index in [0.717, 1.165) is 0 Å². The quantitative estimate of drug-likeness (QED) is 0.728. The Morgan fingerprint density at radius 3 is 1.53 bits per heavy atom. The monoisotopic (exact) mass is 262 g/mol. The summed E-state index contributed by atoms with van der Waals surface area (Å²) in [5, 5.41) is 0. The minimum atomic E-state index is -4.94. The summed E-state index contributed by atoms with van der Waals surface area (Å²) in [4.78, 5) is 3.03. The lowest BCUT2D eigenvalue weighted by atomic mass is 10.1. The Kier molecular flexibility index (Phi) is 3.65. The minimum Gasteiger partial charge on any atom is -0.189 e. The average molecular weight is 262 g/mol. The van der Waals surface area contributed by atoms with Crippen LogP contribution < -0.4 is 0 Å². The first kappa shape index (κ1) is 13.8. The summed E-state index contributed by atoms with van der Waals surface area (Å²) < 4.78 is 85.1. The van der Waals surface area contributed by atoms with Gasteiger partial charge in [-0.1, -0.05) is 0 Å². The molecule has 0 atom stereocenters. The number of hydrogen-bond donors (Lipinski definition) is 0. The van der Waals surface area contributed by atoms with Crippen LogP contribution in [0.25, 0.3) is 0 Å². The van der Waals surface area contributed by atoms with Gasteiger partial charge in [0, 0.05) is 0 Å². The van der Waals surface area contributed by atoms with Crippen LogP contribution in [0, 0.1) is 0 Å². The molecule has 0 aliphatic rings. The van der Waals surface area contributed by atoms with Gasteiger partial charge in [-0.25, -0.2) is 0 Å². The molecule has 8 heteroatoms. The maximum Gasteiger partial charge on any atom is 0.416 e. The van der Waals surface area contributed by atoms with Gasteiger partial charge in [0.1, 0.15) is 6.61 Å². The van der Waals surface area contributed by atoms with Crippen molar-refractivity contribution in [3.63, 3.8) is 0 Å². The van der Waals surface area contributed by atoms with E-state index in [-0.39, 0.29) is 6.07 Å². The minimum absolute atomic E-state index is 0.0399. The van der Waals surface area contributed by atoms with Crippen molar-refractivity contribution in [1.82, 2.24) is 0 Å². The van der Waals surface area contributed by atoms with Crippen LogP contribution in [0.2, 0.25) is 0 Å². The Hall–Kier alpha value is -1.31. The fourth-order valence-corrected chi connectivity index (χ4v) is 1.17. The van der Waals surface area contributed by atoms with E-state index >= 15 is 0 Å². The first-order valence-electron chi connectivity index (χ1n) is 4.16. The van der Waals surface area contributed by atoms with E-state index < -0.39 is 35.6 Å². The molecule has 0 aliphatic carbocycles. The normalized spacial score (nSPS) is 12.9. The average Bonchev–Trinajstić information content (AvgIpc) is 2.15. The highest BCUT2D eigenvalue weighted by Crippen LogP contribution is 2.36. The SMILES string of the molecule is FOCc1cc(C(F)(F)F)cc(C(F)(F)F)c1. The Labute approximate surface area is 90.7 Å². The lowest BCUT2D eigenvalue weighted by Gasteiger charge is -2.13. The van der Waals surface area contributed by atoms with Gasteiger partial charge >= 0.3 is 12.4 Å². The molecule has 0 heterocycles. The zero-order valence-electron chi connectivity index (χ0n) is 7.99. The smallest absolute Gasteiger partial charge is 0.189 e. The van der Waals surface area contributed by atoms with Crippen molar-refractivity contribution in [3.05, 3.63) is 34.9 Å². The molecule has 0 radical (unpaired) electrons. The van der Waals surface area contributed by atoms with E-state index in [1.807, 2.05) is 0 Å². The molecule has 1 aromatic carbocycles. The molecule has 0 amide bonds. The largest absolute Gasteiger partial charge is 0.416 e. The zero-order valence-corrected chi connectivity index (χ0v) is 7.99. The van der Waals surface area contributed by atoms with Crippen molar-refractivity contribution in [1.29, 1.82) is 0 Å². The Morgan fingerprint density at radius 1 is 0.824 bits per heavy atom. The molecule has 0 fully saturated rings. The highest BCUT2D eigenvalue weighted by molar-refractivity contribution is 5.33. The maximum atomic E-state index is 12.3. The van der Waals surface area contributed by atoms with Crippen molar-refractivity contribution in [2.45, 2.75) is 19.0 Å². The molecular formula is C9H5F7O. The van der Waals surface area contributed by atoms with E-state index in [2.05, 4.69) is 4.94 Å². The van der Waals surface area contributed by atoms with Crippen LogP contribution in [0.4, 0.5) is 30.9 Å². The Balaban J connectivity index is 3.29. The summed E-state index contributed by atoms with van der Waals surface area (Å²) in [6.07, 6.45) is -9.88. The first-order chi connectivity index (χ1) is 7.64. The van der Waals surface area contributed by atoms with Crippen molar-refractivity contribution < 1.29 is 35.8 Å². The van der Waals surface area contributed by atoms with Gasteiger partial charge in [-0.15, -0.1) is 0 Å². The molecule has 0 aliphatic heterocycles. The van der Waals surface area contributed by atoms with Crippen LogP contribution in [-0.4, -0.2) is 0 Å². The highest BCUT2D eigenvalue weighted by atomic mass is 19.4. The van der Waals surface area contributed by atoms with E-state index in [1.165, 1.54) is 0 Å². The second kappa shape index (κ2) is 4.52. The zero-order chi connectivity index (χ0) is 13.3. The molecule has 1 rings (SSSR count). The number of halogens is 7. The molecule has 0 N–H and O–H groups in total. The molecule has 0 bridgehead atoms. The van der Waals surface area contributed by atoms with Gasteiger partial charge in [-0.3, -0.25) is 0 Å². The molecular weight excluding hydrogens is 257 g/mol. The number of hydrogen-bond acceptors (Lipinski definition) is 1. The predicted molar refractivity (Wildman–Crippen MR) is 42.3 cm³/mol. The molecule has 0 saturated carbocycles. The van der Waals surface area contributed by atoms with Crippen molar-refractivity contribution in [2.75, 3.05) is 0 Å². The molecule has 1 aromatic rings. The van der Waals surface area contributed by atoms with Gasteiger partial charge in [0.15, 0.2) is 0 Å². The topological polar surface area (TPSA) is 9.23 Å². The van der Waals surface area contributed by atoms with Crippen LogP contribution in [-0.2, 0) is 23.9 Å².